The largest absolute Gasteiger partial charge is 0.323 e. The van der Waals surface area contributed by atoms with Crippen molar-refractivity contribution in [3.63, 3.8) is 0 Å². The summed E-state index contributed by atoms with van der Waals surface area (Å²) in [7, 11) is 0. The van der Waals surface area contributed by atoms with Crippen LogP contribution in [0.4, 0.5) is 11.6 Å². The fraction of sp³-hybridized carbons (Fsp3) is 0.214. The van der Waals surface area contributed by atoms with E-state index in [0.29, 0.717) is 28.2 Å². The normalized spacial score (nSPS) is 10.5. The Labute approximate surface area is 122 Å². The Kier molecular flexibility index (Phi) is 4.17. The minimum Gasteiger partial charge on any atom is -0.323 e. The molecule has 0 fully saturated rings. The predicted molar refractivity (Wildman–Crippen MR) is 81.6 cm³/mol. The Balaban J connectivity index is 2.41. The third-order valence-corrected chi connectivity index (χ3v) is 3.55. The number of allylic oxidation sites excluding steroid dienone is 1. The maximum atomic E-state index is 6.28. The first-order valence-corrected chi connectivity index (χ1v) is 6.64. The van der Waals surface area contributed by atoms with E-state index in [9.17, 15) is 0 Å². The lowest BCUT2D eigenvalue weighted by atomic mass is 10.2. The van der Waals surface area contributed by atoms with Crippen LogP contribution in [0.5, 0.6) is 0 Å². The molecule has 2 rings (SSSR count). The number of rotatable bonds is 4. The number of hydrogen-bond acceptors (Lipinski definition) is 2. The summed E-state index contributed by atoms with van der Waals surface area (Å²) in [6.07, 6.45) is 3.76. The molecule has 0 unspecified atom stereocenters. The van der Waals surface area contributed by atoms with E-state index < -0.39 is 0 Å². The van der Waals surface area contributed by atoms with Gasteiger partial charge < -0.3 is 9.88 Å². The van der Waals surface area contributed by atoms with Gasteiger partial charge in [0.15, 0.2) is 0 Å². The van der Waals surface area contributed by atoms with Crippen molar-refractivity contribution in [2.75, 3.05) is 5.32 Å². The quantitative estimate of drug-likeness (QED) is 0.826. The number of imidazole rings is 1. The van der Waals surface area contributed by atoms with Gasteiger partial charge in [0.25, 0.3) is 0 Å². The van der Waals surface area contributed by atoms with Gasteiger partial charge in [-0.1, -0.05) is 35.3 Å². The average molecular weight is 296 g/mol. The number of anilines is 2. The van der Waals surface area contributed by atoms with Gasteiger partial charge in [-0.2, -0.15) is 0 Å². The second-order valence-electron chi connectivity index (χ2n) is 4.33. The SMILES string of the molecule is C=CCn1cc(C)nc1Nc1c(Cl)ccc(C)c1Cl. The van der Waals surface area contributed by atoms with Crippen molar-refractivity contribution in [2.45, 2.75) is 20.4 Å². The summed E-state index contributed by atoms with van der Waals surface area (Å²) in [4.78, 5) is 4.42. The smallest absolute Gasteiger partial charge is 0.207 e. The summed E-state index contributed by atoms with van der Waals surface area (Å²) in [6, 6.07) is 3.70. The zero-order valence-electron chi connectivity index (χ0n) is 10.9. The maximum Gasteiger partial charge on any atom is 0.207 e. The highest BCUT2D eigenvalue weighted by Gasteiger charge is 2.12. The number of halogens is 2. The first-order valence-electron chi connectivity index (χ1n) is 5.89. The van der Waals surface area contributed by atoms with Gasteiger partial charge in [0, 0.05) is 12.7 Å². The van der Waals surface area contributed by atoms with Crippen LogP contribution in [-0.4, -0.2) is 9.55 Å². The van der Waals surface area contributed by atoms with Gasteiger partial charge in [-0.15, -0.1) is 6.58 Å². The fourth-order valence-electron chi connectivity index (χ4n) is 1.81. The van der Waals surface area contributed by atoms with Crippen LogP contribution in [0.1, 0.15) is 11.3 Å². The van der Waals surface area contributed by atoms with Crippen LogP contribution in [0.3, 0.4) is 0 Å². The molecule has 0 bridgehead atoms. The zero-order valence-corrected chi connectivity index (χ0v) is 12.4. The molecule has 2 aromatic rings. The Hall–Kier alpha value is -1.45. The van der Waals surface area contributed by atoms with Gasteiger partial charge in [0.05, 0.1) is 21.4 Å². The molecule has 0 radical (unpaired) electrons. The molecule has 19 heavy (non-hydrogen) atoms. The first-order chi connectivity index (χ1) is 9.02. The Bertz CT molecular complexity index is 617. The molecular formula is C14H15Cl2N3. The molecule has 1 heterocycles. The number of hydrogen-bond donors (Lipinski definition) is 1. The molecule has 1 aromatic carbocycles. The number of benzene rings is 1. The third-order valence-electron chi connectivity index (χ3n) is 2.74. The van der Waals surface area contributed by atoms with E-state index in [2.05, 4.69) is 16.9 Å². The second-order valence-corrected chi connectivity index (χ2v) is 5.11. The van der Waals surface area contributed by atoms with Crippen LogP contribution >= 0.6 is 23.2 Å². The number of aryl methyl sites for hydroxylation is 2. The first kappa shape index (κ1) is 14.0. The molecule has 3 nitrogen and oxygen atoms in total. The molecule has 0 aliphatic carbocycles. The van der Waals surface area contributed by atoms with Gasteiger partial charge in [0.1, 0.15) is 0 Å². The number of aromatic nitrogens is 2. The van der Waals surface area contributed by atoms with E-state index in [1.54, 1.807) is 0 Å². The molecule has 0 aliphatic rings. The van der Waals surface area contributed by atoms with Gasteiger partial charge in [-0.25, -0.2) is 4.98 Å². The van der Waals surface area contributed by atoms with Crippen molar-refractivity contribution in [3.05, 3.63) is 52.3 Å². The molecule has 1 aromatic heterocycles. The summed E-state index contributed by atoms with van der Waals surface area (Å²) in [6.45, 7) is 8.28. The van der Waals surface area contributed by atoms with Crippen molar-refractivity contribution in [1.82, 2.24) is 9.55 Å². The van der Waals surface area contributed by atoms with Gasteiger partial charge in [-0.05, 0) is 25.5 Å². The molecule has 0 amide bonds. The minimum absolute atomic E-state index is 0.571. The van der Waals surface area contributed by atoms with Crippen LogP contribution in [0.25, 0.3) is 0 Å². The van der Waals surface area contributed by atoms with E-state index in [0.717, 1.165) is 11.3 Å². The molecule has 0 saturated carbocycles. The average Bonchev–Trinajstić information content (AvgIpc) is 2.71. The van der Waals surface area contributed by atoms with Crippen molar-refractivity contribution in [3.8, 4) is 0 Å². The van der Waals surface area contributed by atoms with E-state index in [4.69, 9.17) is 23.2 Å². The van der Waals surface area contributed by atoms with Crippen LogP contribution in [-0.2, 0) is 6.54 Å². The lowest BCUT2D eigenvalue weighted by molar-refractivity contribution is 0.832. The van der Waals surface area contributed by atoms with E-state index in [-0.39, 0.29) is 0 Å². The highest BCUT2D eigenvalue weighted by molar-refractivity contribution is 6.39. The molecular weight excluding hydrogens is 281 g/mol. The number of nitrogens with one attached hydrogen (secondary N) is 1. The highest BCUT2D eigenvalue weighted by atomic mass is 35.5. The zero-order chi connectivity index (χ0) is 14.0. The van der Waals surface area contributed by atoms with Crippen LogP contribution in [0.15, 0.2) is 31.0 Å². The standard InChI is InChI=1S/C14H15Cl2N3/c1-4-7-19-8-10(3)17-14(19)18-13-11(15)6-5-9(2)12(13)16/h4-6,8H,1,7H2,2-3H3,(H,17,18). The molecule has 0 saturated heterocycles. The van der Waals surface area contributed by atoms with Crippen LogP contribution in [0, 0.1) is 13.8 Å². The molecule has 0 aliphatic heterocycles. The Morgan fingerprint density at radius 1 is 1.37 bits per heavy atom. The minimum atomic E-state index is 0.571. The second kappa shape index (κ2) is 5.68. The van der Waals surface area contributed by atoms with Crippen molar-refractivity contribution >= 4 is 34.8 Å². The van der Waals surface area contributed by atoms with E-state index >= 15 is 0 Å². The lowest BCUT2D eigenvalue weighted by Gasteiger charge is -2.12. The van der Waals surface area contributed by atoms with Crippen LogP contribution < -0.4 is 5.32 Å². The van der Waals surface area contributed by atoms with Crippen LogP contribution in [0.2, 0.25) is 10.0 Å². The maximum absolute atomic E-state index is 6.28. The lowest BCUT2D eigenvalue weighted by Crippen LogP contribution is -2.03. The predicted octanol–water partition coefficient (Wildman–Crippen LogP) is 4.74. The molecule has 1 N–H and O–H groups in total. The van der Waals surface area contributed by atoms with E-state index in [1.165, 1.54) is 0 Å². The van der Waals surface area contributed by atoms with E-state index in [1.807, 2.05) is 42.8 Å². The van der Waals surface area contributed by atoms with Crippen molar-refractivity contribution in [2.24, 2.45) is 0 Å². The van der Waals surface area contributed by atoms with Crippen molar-refractivity contribution in [1.29, 1.82) is 0 Å². The monoisotopic (exact) mass is 295 g/mol. The Morgan fingerprint density at radius 3 is 2.79 bits per heavy atom. The topological polar surface area (TPSA) is 29.9 Å². The summed E-state index contributed by atoms with van der Waals surface area (Å²) in [5.41, 5.74) is 2.57. The summed E-state index contributed by atoms with van der Waals surface area (Å²) in [5.74, 6) is 0.701. The van der Waals surface area contributed by atoms with Crippen molar-refractivity contribution < 1.29 is 0 Å². The molecule has 0 atom stereocenters. The van der Waals surface area contributed by atoms with Gasteiger partial charge in [-0.3, -0.25) is 0 Å². The highest BCUT2D eigenvalue weighted by Crippen LogP contribution is 2.34. The summed E-state index contributed by atoms with van der Waals surface area (Å²) >= 11 is 12.5. The number of nitrogens with zero attached hydrogens (tertiary/aromatic N) is 2. The molecule has 100 valence electrons. The van der Waals surface area contributed by atoms with Gasteiger partial charge >= 0.3 is 0 Å². The third kappa shape index (κ3) is 2.94. The fourth-order valence-corrected chi connectivity index (χ4v) is 2.27. The van der Waals surface area contributed by atoms with Gasteiger partial charge in [0.2, 0.25) is 5.95 Å². The summed E-state index contributed by atoms with van der Waals surface area (Å²) in [5, 5.41) is 4.38. The molecule has 5 heteroatoms. The summed E-state index contributed by atoms with van der Waals surface area (Å²) < 4.78 is 1.96. The Morgan fingerprint density at radius 2 is 2.11 bits per heavy atom. The molecule has 0 spiro atoms.